The molecule has 1 aliphatic rings. The Hall–Kier alpha value is -3.61. The van der Waals surface area contributed by atoms with Crippen LogP contribution in [0, 0.1) is 5.41 Å². The van der Waals surface area contributed by atoms with Gasteiger partial charge >= 0.3 is 12.1 Å². The number of carboxylic acids is 1. The Labute approximate surface area is 206 Å². The molecule has 186 valence electrons. The quantitative estimate of drug-likeness (QED) is 0.423. The van der Waals surface area contributed by atoms with E-state index in [9.17, 15) is 19.5 Å². The Bertz CT molecular complexity index is 1040. The van der Waals surface area contributed by atoms with Crippen molar-refractivity contribution in [1.29, 1.82) is 0 Å². The van der Waals surface area contributed by atoms with Crippen LogP contribution in [0.25, 0.3) is 11.1 Å². The number of carbonyl (C=O) groups is 3. The summed E-state index contributed by atoms with van der Waals surface area (Å²) in [6.07, 6.45) is 1.42. The Balaban J connectivity index is 1.64. The third-order valence-corrected chi connectivity index (χ3v) is 5.99. The second-order valence-electron chi connectivity index (χ2n) is 10.1. The van der Waals surface area contributed by atoms with Gasteiger partial charge in [0.05, 0.1) is 0 Å². The molecule has 0 spiro atoms. The molecule has 2 unspecified atom stereocenters. The minimum atomic E-state index is -1.13. The normalized spacial score (nSPS) is 14.3. The second kappa shape index (κ2) is 11.2. The molecule has 2 aromatic rings. The Morgan fingerprint density at radius 1 is 1.03 bits per heavy atom. The van der Waals surface area contributed by atoms with Gasteiger partial charge in [0.2, 0.25) is 5.91 Å². The van der Waals surface area contributed by atoms with Gasteiger partial charge in [0.15, 0.2) is 0 Å². The molecule has 7 heteroatoms. The molecule has 0 saturated carbocycles. The standard InChI is InChI=1S/C28H34N2O5/c1-5-10-24(26(32)33)30-25(31)15-18(16-28(2,3)4)29-27(34)35-17-23-21-13-8-6-11-19(21)20-12-7-9-14-22(20)23/h5-9,11-14,18,23-24H,1,10,15-17H2,2-4H3,(H,29,34)(H,30,31)(H,32,33). The van der Waals surface area contributed by atoms with Crippen molar-refractivity contribution in [2.75, 3.05) is 6.61 Å². The van der Waals surface area contributed by atoms with Gasteiger partial charge in [-0.1, -0.05) is 75.4 Å². The minimum Gasteiger partial charge on any atom is -0.480 e. The molecular formula is C28H34N2O5. The summed E-state index contributed by atoms with van der Waals surface area (Å²) >= 11 is 0. The molecule has 7 nitrogen and oxygen atoms in total. The van der Waals surface area contributed by atoms with Crippen LogP contribution in [0.3, 0.4) is 0 Å². The first kappa shape index (κ1) is 26.0. The number of hydrogen-bond donors (Lipinski definition) is 3. The van der Waals surface area contributed by atoms with Gasteiger partial charge in [0.25, 0.3) is 0 Å². The summed E-state index contributed by atoms with van der Waals surface area (Å²) in [4.78, 5) is 36.7. The van der Waals surface area contributed by atoms with E-state index in [2.05, 4.69) is 41.5 Å². The summed E-state index contributed by atoms with van der Waals surface area (Å²) in [6.45, 7) is 9.73. The number of aliphatic carboxylic acids is 1. The number of ether oxygens (including phenoxy) is 1. The van der Waals surface area contributed by atoms with Gasteiger partial charge in [-0.15, -0.1) is 6.58 Å². The summed E-state index contributed by atoms with van der Waals surface area (Å²) in [5.41, 5.74) is 4.36. The van der Waals surface area contributed by atoms with Crippen LogP contribution < -0.4 is 10.6 Å². The number of benzene rings is 2. The van der Waals surface area contributed by atoms with Crippen molar-refractivity contribution < 1.29 is 24.2 Å². The number of fused-ring (bicyclic) bond motifs is 3. The molecular weight excluding hydrogens is 444 g/mol. The van der Waals surface area contributed by atoms with Crippen LogP contribution in [-0.2, 0) is 14.3 Å². The Kier molecular flexibility index (Phi) is 8.33. The largest absolute Gasteiger partial charge is 0.480 e. The van der Waals surface area contributed by atoms with Gasteiger partial charge in [-0.05, 0) is 40.5 Å². The van der Waals surface area contributed by atoms with Gasteiger partial charge in [0.1, 0.15) is 12.6 Å². The predicted octanol–water partition coefficient (Wildman–Crippen LogP) is 4.87. The molecule has 3 rings (SSSR count). The smallest absolute Gasteiger partial charge is 0.407 e. The second-order valence-corrected chi connectivity index (χ2v) is 10.1. The monoisotopic (exact) mass is 478 g/mol. The van der Waals surface area contributed by atoms with Crippen molar-refractivity contribution >= 4 is 18.0 Å². The van der Waals surface area contributed by atoms with E-state index in [1.165, 1.54) is 6.08 Å². The lowest BCUT2D eigenvalue weighted by Crippen LogP contribution is -2.45. The van der Waals surface area contributed by atoms with Gasteiger partial charge in [-0.2, -0.15) is 0 Å². The summed E-state index contributed by atoms with van der Waals surface area (Å²) in [7, 11) is 0. The van der Waals surface area contributed by atoms with E-state index < -0.39 is 30.1 Å². The molecule has 2 amide bonds. The van der Waals surface area contributed by atoms with Crippen molar-refractivity contribution in [1.82, 2.24) is 10.6 Å². The van der Waals surface area contributed by atoms with Gasteiger partial charge in [-0.25, -0.2) is 9.59 Å². The van der Waals surface area contributed by atoms with E-state index in [1.54, 1.807) is 0 Å². The third kappa shape index (κ3) is 6.94. The lowest BCUT2D eigenvalue weighted by Gasteiger charge is -2.27. The lowest BCUT2D eigenvalue weighted by atomic mass is 9.87. The van der Waals surface area contributed by atoms with Crippen LogP contribution in [-0.4, -0.2) is 41.8 Å². The van der Waals surface area contributed by atoms with E-state index >= 15 is 0 Å². The van der Waals surface area contributed by atoms with Crippen LogP contribution in [0.2, 0.25) is 0 Å². The first-order valence-electron chi connectivity index (χ1n) is 11.8. The fourth-order valence-electron chi connectivity index (χ4n) is 4.59. The van der Waals surface area contributed by atoms with E-state index in [1.807, 2.05) is 45.0 Å². The third-order valence-electron chi connectivity index (χ3n) is 5.99. The molecule has 35 heavy (non-hydrogen) atoms. The van der Waals surface area contributed by atoms with E-state index in [0.29, 0.717) is 6.42 Å². The van der Waals surface area contributed by atoms with E-state index in [-0.39, 0.29) is 30.8 Å². The SMILES string of the molecule is C=CCC(NC(=O)CC(CC(C)(C)C)NC(=O)OCC1c2ccccc2-c2ccccc21)C(=O)O. The topological polar surface area (TPSA) is 105 Å². The fraction of sp³-hybridized carbons (Fsp3) is 0.393. The maximum atomic E-state index is 12.8. The molecule has 2 aromatic carbocycles. The molecule has 1 aliphatic carbocycles. The first-order valence-corrected chi connectivity index (χ1v) is 11.8. The summed E-state index contributed by atoms with van der Waals surface area (Å²) < 4.78 is 5.63. The van der Waals surface area contributed by atoms with Crippen molar-refractivity contribution in [3.63, 3.8) is 0 Å². The number of carbonyl (C=O) groups excluding carboxylic acids is 2. The Morgan fingerprint density at radius 3 is 2.11 bits per heavy atom. The van der Waals surface area contributed by atoms with Gasteiger partial charge in [-0.3, -0.25) is 4.79 Å². The van der Waals surface area contributed by atoms with Crippen LogP contribution in [0.1, 0.15) is 57.1 Å². The minimum absolute atomic E-state index is 0.0532. The number of rotatable bonds is 10. The number of amides is 2. The van der Waals surface area contributed by atoms with Crippen molar-refractivity contribution in [3.05, 3.63) is 72.3 Å². The first-order chi connectivity index (χ1) is 16.6. The fourth-order valence-corrected chi connectivity index (χ4v) is 4.59. The molecule has 0 radical (unpaired) electrons. The van der Waals surface area contributed by atoms with Gasteiger partial charge in [0, 0.05) is 18.4 Å². The molecule has 0 heterocycles. The summed E-state index contributed by atoms with van der Waals surface area (Å²) in [5.74, 6) is -1.64. The molecule has 0 fully saturated rings. The molecule has 0 aromatic heterocycles. The van der Waals surface area contributed by atoms with Crippen LogP contribution in [0.5, 0.6) is 0 Å². The number of nitrogens with one attached hydrogen (secondary N) is 2. The van der Waals surface area contributed by atoms with E-state index in [4.69, 9.17) is 4.74 Å². The van der Waals surface area contributed by atoms with Crippen molar-refractivity contribution in [2.45, 2.75) is 58.0 Å². The highest BCUT2D eigenvalue weighted by atomic mass is 16.5. The highest BCUT2D eigenvalue weighted by Gasteiger charge is 2.30. The highest BCUT2D eigenvalue weighted by molar-refractivity contribution is 5.84. The van der Waals surface area contributed by atoms with Crippen LogP contribution in [0.15, 0.2) is 61.2 Å². The van der Waals surface area contributed by atoms with E-state index in [0.717, 1.165) is 22.3 Å². The number of hydrogen-bond acceptors (Lipinski definition) is 4. The highest BCUT2D eigenvalue weighted by Crippen LogP contribution is 2.44. The number of carboxylic acid groups (broad SMARTS) is 1. The van der Waals surface area contributed by atoms with Crippen LogP contribution in [0.4, 0.5) is 4.79 Å². The van der Waals surface area contributed by atoms with Crippen LogP contribution >= 0.6 is 0 Å². The predicted molar refractivity (Wildman–Crippen MR) is 135 cm³/mol. The van der Waals surface area contributed by atoms with Crippen molar-refractivity contribution in [2.24, 2.45) is 5.41 Å². The maximum Gasteiger partial charge on any atom is 0.407 e. The molecule has 0 bridgehead atoms. The average Bonchev–Trinajstić information content (AvgIpc) is 3.10. The summed E-state index contributed by atoms with van der Waals surface area (Å²) in [5, 5.41) is 14.6. The zero-order valence-electron chi connectivity index (χ0n) is 20.5. The molecule has 2 atom stereocenters. The summed E-state index contributed by atoms with van der Waals surface area (Å²) in [6, 6.07) is 14.6. The Morgan fingerprint density at radius 2 is 1.60 bits per heavy atom. The maximum absolute atomic E-state index is 12.8. The molecule has 3 N–H and O–H groups in total. The zero-order valence-corrected chi connectivity index (χ0v) is 20.5. The number of alkyl carbamates (subject to hydrolysis) is 1. The van der Waals surface area contributed by atoms with Crippen molar-refractivity contribution in [3.8, 4) is 11.1 Å². The zero-order chi connectivity index (χ0) is 25.6. The van der Waals surface area contributed by atoms with Gasteiger partial charge < -0.3 is 20.5 Å². The molecule has 0 saturated heterocycles. The molecule has 0 aliphatic heterocycles. The average molecular weight is 479 g/mol. The lowest BCUT2D eigenvalue weighted by molar-refractivity contribution is -0.141.